The Hall–Kier alpha value is -3.17. The molecule has 0 unspecified atom stereocenters. The molecule has 0 bridgehead atoms. The largest absolute Gasteiger partial charge is 0.347 e. The van der Waals surface area contributed by atoms with E-state index in [0.717, 1.165) is 26.4 Å². The average molecular weight is 377 g/mol. The molecule has 0 aliphatic rings. The van der Waals surface area contributed by atoms with Gasteiger partial charge in [0.25, 0.3) is 0 Å². The van der Waals surface area contributed by atoms with Crippen LogP contribution in [0.4, 0.5) is 0 Å². The van der Waals surface area contributed by atoms with Crippen LogP contribution >= 0.6 is 11.3 Å². The minimum Gasteiger partial charge on any atom is -0.347 e. The second kappa shape index (κ2) is 8.47. The monoisotopic (exact) mass is 377 g/mol. The van der Waals surface area contributed by atoms with Gasteiger partial charge in [-0.15, -0.1) is 17.8 Å². The van der Waals surface area contributed by atoms with E-state index in [1.165, 1.54) is 16.2 Å². The van der Waals surface area contributed by atoms with Gasteiger partial charge in [0.2, 0.25) is 11.8 Å². The Morgan fingerprint density at radius 2 is 1.96 bits per heavy atom. The Morgan fingerprint density at radius 1 is 1.19 bits per heavy atom. The van der Waals surface area contributed by atoms with E-state index in [4.69, 9.17) is 6.42 Å². The predicted octanol–water partition coefficient (Wildman–Crippen LogP) is 2.71. The van der Waals surface area contributed by atoms with Crippen LogP contribution in [-0.2, 0) is 16.0 Å². The van der Waals surface area contributed by atoms with Gasteiger partial charge in [-0.3, -0.25) is 9.59 Å². The number of amides is 2. The summed E-state index contributed by atoms with van der Waals surface area (Å²) >= 11 is 1.49. The summed E-state index contributed by atoms with van der Waals surface area (Å²) in [4.78, 5) is 29.8. The molecule has 0 fully saturated rings. The van der Waals surface area contributed by atoms with E-state index in [0.29, 0.717) is 0 Å². The highest BCUT2D eigenvalue weighted by Gasteiger charge is 2.12. The molecule has 6 heteroatoms. The van der Waals surface area contributed by atoms with Crippen molar-refractivity contribution in [1.82, 2.24) is 15.2 Å². The number of nitrogens with one attached hydrogen (secondary N) is 1. The normalized spacial score (nSPS) is 10.4. The first-order valence-electron chi connectivity index (χ1n) is 8.46. The van der Waals surface area contributed by atoms with Crippen molar-refractivity contribution in [3.8, 4) is 23.5 Å². The Labute approximate surface area is 162 Å². The molecule has 27 heavy (non-hydrogen) atoms. The molecule has 5 nitrogen and oxygen atoms in total. The Kier molecular flexibility index (Phi) is 5.84. The van der Waals surface area contributed by atoms with Crippen molar-refractivity contribution >= 4 is 33.4 Å². The van der Waals surface area contributed by atoms with Gasteiger partial charge in [0.05, 0.1) is 29.7 Å². The van der Waals surface area contributed by atoms with Crippen molar-refractivity contribution in [2.24, 2.45) is 0 Å². The van der Waals surface area contributed by atoms with E-state index in [-0.39, 0.29) is 31.3 Å². The zero-order chi connectivity index (χ0) is 19.2. The molecule has 0 saturated heterocycles. The van der Waals surface area contributed by atoms with Crippen LogP contribution in [-0.4, -0.2) is 41.8 Å². The van der Waals surface area contributed by atoms with E-state index in [1.54, 1.807) is 7.05 Å². The van der Waals surface area contributed by atoms with Gasteiger partial charge in [0.15, 0.2) is 0 Å². The van der Waals surface area contributed by atoms with E-state index >= 15 is 0 Å². The summed E-state index contributed by atoms with van der Waals surface area (Å²) in [5.74, 6) is 1.93. The van der Waals surface area contributed by atoms with E-state index in [9.17, 15) is 9.59 Å². The molecule has 1 aromatic heterocycles. The zero-order valence-corrected chi connectivity index (χ0v) is 15.8. The number of carbonyl (C=O) groups is 2. The standard InChI is InChI=1S/C21H19N3O2S/c1-3-11-24(2)21(26)14-22-19(25)13-20-23-17-10-9-16(12-18(17)27-20)15-7-5-4-6-8-15/h1,4-10,12H,11,13-14H2,2H3,(H,22,25). The highest BCUT2D eigenvalue weighted by molar-refractivity contribution is 7.18. The van der Waals surface area contributed by atoms with Gasteiger partial charge in [-0.1, -0.05) is 42.3 Å². The summed E-state index contributed by atoms with van der Waals surface area (Å²) in [5, 5.41) is 3.34. The lowest BCUT2D eigenvalue weighted by Crippen LogP contribution is -2.38. The van der Waals surface area contributed by atoms with Crippen molar-refractivity contribution in [2.75, 3.05) is 20.1 Å². The second-order valence-corrected chi connectivity index (χ2v) is 7.18. The maximum absolute atomic E-state index is 12.1. The van der Waals surface area contributed by atoms with Crippen LogP contribution in [0, 0.1) is 12.3 Å². The van der Waals surface area contributed by atoms with Gasteiger partial charge in [-0.2, -0.15) is 0 Å². The van der Waals surface area contributed by atoms with Crippen molar-refractivity contribution in [2.45, 2.75) is 6.42 Å². The van der Waals surface area contributed by atoms with Crippen molar-refractivity contribution in [3.05, 3.63) is 53.5 Å². The van der Waals surface area contributed by atoms with Crippen LogP contribution < -0.4 is 5.32 Å². The van der Waals surface area contributed by atoms with Gasteiger partial charge in [0.1, 0.15) is 5.01 Å². The summed E-state index contributed by atoms with van der Waals surface area (Å²) in [5.41, 5.74) is 3.12. The first kappa shape index (κ1) is 18.6. The third kappa shape index (κ3) is 4.72. The van der Waals surface area contributed by atoms with Crippen LogP contribution in [0.3, 0.4) is 0 Å². The number of benzene rings is 2. The number of hydrogen-bond donors (Lipinski definition) is 1. The van der Waals surface area contributed by atoms with E-state index in [2.05, 4.69) is 34.4 Å². The van der Waals surface area contributed by atoms with Crippen LogP contribution in [0.25, 0.3) is 21.3 Å². The number of thiazole rings is 1. The molecule has 3 aromatic rings. The van der Waals surface area contributed by atoms with Gasteiger partial charge in [-0.25, -0.2) is 4.98 Å². The molecule has 3 rings (SSSR count). The van der Waals surface area contributed by atoms with E-state index in [1.807, 2.05) is 30.3 Å². The Morgan fingerprint density at radius 3 is 2.70 bits per heavy atom. The van der Waals surface area contributed by atoms with Gasteiger partial charge in [0, 0.05) is 7.05 Å². The Bertz CT molecular complexity index is 1010. The van der Waals surface area contributed by atoms with Crippen molar-refractivity contribution in [3.63, 3.8) is 0 Å². The minimum absolute atomic E-state index is 0.0694. The molecule has 0 aliphatic carbocycles. The molecule has 0 aliphatic heterocycles. The average Bonchev–Trinajstić information content (AvgIpc) is 3.08. The molecular formula is C21H19N3O2S. The zero-order valence-electron chi connectivity index (χ0n) is 14.9. The lowest BCUT2D eigenvalue weighted by atomic mass is 10.1. The van der Waals surface area contributed by atoms with Crippen LogP contribution in [0.2, 0.25) is 0 Å². The fourth-order valence-electron chi connectivity index (χ4n) is 2.59. The number of carbonyl (C=O) groups excluding carboxylic acids is 2. The number of nitrogens with zero attached hydrogens (tertiary/aromatic N) is 2. The van der Waals surface area contributed by atoms with Gasteiger partial charge < -0.3 is 10.2 Å². The molecule has 0 spiro atoms. The summed E-state index contributed by atoms with van der Waals surface area (Å²) < 4.78 is 1.03. The smallest absolute Gasteiger partial charge is 0.242 e. The molecule has 0 radical (unpaired) electrons. The highest BCUT2D eigenvalue weighted by Crippen LogP contribution is 2.28. The highest BCUT2D eigenvalue weighted by atomic mass is 32.1. The fraction of sp³-hybridized carbons (Fsp3) is 0.190. The molecule has 1 N–H and O–H groups in total. The first-order chi connectivity index (χ1) is 13.1. The summed E-state index contributed by atoms with van der Waals surface area (Å²) in [7, 11) is 1.60. The van der Waals surface area contributed by atoms with Crippen LogP contribution in [0.1, 0.15) is 5.01 Å². The molecule has 0 atom stereocenters. The topological polar surface area (TPSA) is 62.3 Å². The lowest BCUT2D eigenvalue weighted by Gasteiger charge is -2.13. The maximum atomic E-state index is 12.1. The van der Waals surface area contributed by atoms with Crippen molar-refractivity contribution < 1.29 is 9.59 Å². The second-order valence-electron chi connectivity index (χ2n) is 6.06. The lowest BCUT2D eigenvalue weighted by molar-refractivity contribution is -0.131. The first-order valence-corrected chi connectivity index (χ1v) is 9.27. The summed E-state index contributed by atoms with van der Waals surface area (Å²) in [6.07, 6.45) is 5.32. The number of fused-ring (bicyclic) bond motifs is 1. The van der Waals surface area contributed by atoms with Crippen LogP contribution in [0.5, 0.6) is 0 Å². The molecule has 2 aromatic carbocycles. The van der Waals surface area contributed by atoms with Gasteiger partial charge in [-0.05, 0) is 23.3 Å². The number of likely N-dealkylation sites (N-methyl/N-ethyl adjacent to an activating group) is 1. The third-order valence-corrected chi connectivity index (χ3v) is 5.06. The molecule has 2 amide bonds. The number of terminal acetylenes is 1. The number of hydrogen-bond acceptors (Lipinski definition) is 4. The molecule has 136 valence electrons. The van der Waals surface area contributed by atoms with Crippen molar-refractivity contribution in [1.29, 1.82) is 0 Å². The van der Waals surface area contributed by atoms with Crippen LogP contribution in [0.15, 0.2) is 48.5 Å². The van der Waals surface area contributed by atoms with Gasteiger partial charge >= 0.3 is 0 Å². The Balaban J connectivity index is 1.64. The molecule has 0 saturated carbocycles. The quantitative estimate of drug-likeness (QED) is 0.672. The SMILES string of the molecule is C#CCN(C)C(=O)CNC(=O)Cc1nc2ccc(-c3ccccc3)cc2s1. The minimum atomic E-state index is -0.236. The van der Waals surface area contributed by atoms with E-state index < -0.39 is 0 Å². The fourth-order valence-corrected chi connectivity index (χ4v) is 3.60. The third-order valence-electron chi connectivity index (χ3n) is 4.04. The summed E-state index contributed by atoms with van der Waals surface area (Å²) in [6, 6.07) is 16.2. The maximum Gasteiger partial charge on any atom is 0.242 e. The summed E-state index contributed by atoms with van der Waals surface area (Å²) in [6.45, 7) is 0.149. The predicted molar refractivity (Wildman–Crippen MR) is 108 cm³/mol. The number of aromatic nitrogens is 1. The molecule has 1 heterocycles. The number of rotatable bonds is 6. The molecular weight excluding hydrogens is 358 g/mol.